The largest absolute Gasteiger partial charge is 0.491 e. The summed E-state index contributed by atoms with van der Waals surface area (Å²) < 4.78 is 5.90. The molecule has 0 aliphatic carbocycles. The lowest BCUT2D eigenvalue weighted by atomic mass is 9.89. The zero-order valence-corrected chi connectivity index (χ0v) is 24.1. The summed E-state index contributed by atoms with van der Waals surface area (Å²) in [4.78, 5) is 32.5. The first-order valence-corrected chi connectivity index (χ1v) is 13.4. The number of benzene rings is 3. The van der Waals surface area contributed by atoms with Crippen LogP contribution in [0, 0.1) is 0 Å². The van der Waals surface area contributed by atoms with Crippen molar-refractivity contribution >= 4 is 40.5 Å². The molecule has 1 aliphatic rings. The minimum Gasteiger partial charge on any atom is -0.491 e. The normalized spacial score (nSPS) is 16.9. The number of halogens is 1. The van der Waals surface area contributed by atoms with Crippen LogP contribution in [0.3, 0.4) is 0 Å². The smallest absolute Gasteiger partial charge is 0.258 e. The quantitative estimate of drug-likeness (QED) is 0.386. The number of anilines is 3. The van der Waals surface area contributed by atoms with Gasteiger partial charge >= 0.3 is 0 Å². The van der Waals surface area contributed by atoms with E-state index >= 15 is 0 Å². The van der Waals surface area contributed by atoms with Gasteiger partial charge in [-0.25, -0.2) is 0 Å². The molecule has 0 spiro atoms. The molecule has 8 heteroatoms. The Morgan fingerprint density at radius 3 is 2.21 bits per heavy atom. The molecule has 4 rings (SSSR count). The molecule has 0 radical (unpaired) electrons. The van der Waals surface area contributed by atoms with E-state index in [1.165, 1.54) is 0 Å². The van der Waals surface area contributed by atoms with E-state index in [0.29, 0.717) is 28.4 Å². The van der Waals surface area contributed by atoms with Crippen LogP contribution < -0.4 is 19.4 Å². The lowest BCUT2D eigenvalue weighted by Crippen LogP contribution is -2.47. The van der Waals surface area contributed by atoms with Crippen molar-refractivity contribution in [2.45, 2.75) is 51.8 Å². The molecular weight excluding hydrogens is 514 g/mol. The minimum atomic E-state index is -1.02. The average Bonchev–Trinajstić information content (AvgIpc) is 2.87. The molecule has 0 saturated heterocycles. The molecule has 2 amide bonds. The van der Waals surface area contributed by atoms with Crippen molar-refractivity contribution in [3.05, 3.63) is 82.9 Å². The fourth-order valence-corrected chi connectivity index (χ4v) is 5.06. The second-order valence-electron chi connectivity index (χ2n) is 10.9. The molecule has 0 fully saturated rings. The van der Waals surface area contributed by atoms with E-state index in [9.17, 15) is 14.7 Å². The number of carbonyl (C=O) groups is 2. The molecule has 0 unspecified atom stereocenters. The van der Waals surface area contributed by atoms with Gasteiger partial charge in [-0.3, -0.25) is 9.59 Å². The van der Waals surface area contributed by atoms with Crippen molar-refractivity contribution in [2.75, 3.05) is 35.4 Å². The predicted octanol–water partition coefficient (Wildman–Crippen LogP) is 6.09. The van der Waals surface area contributed by atoms with Crippen LogP contribution in [-0.4, -0.2) is 49.3 Å². The van der Waals surface area contributed by atoms with Gasteiger partial charge in [-0.05, 0) is 87.4 Å². The van der Waals surface area contributed by atoms with Gasteiger partial charge in [0.05, 0.1) is 17.3 Å². The summed E-state index contributed by atoms with van der Waals surface area (Å²) in [5, 5.41) is 10.8. The molecule has 2 atom stereocenters. The van der Waals surface area contributed by atoms with Gasteiger partial charge in [0.1, 0.15) is 12.4 Å². The molecule has 0 bridgehead atoms. The van der Waals surface area contributed by atoms with Crippen molar-refractivity contribution in [2.24, 2.45) is 0 Å². The average molecular weight is 550 g/mol. The highest BCUT2D eigenvalue weighted by molar-refractivity contribution is 6.30. The zero-order chi connectivity index (χ0) is 28.5. The molecule has 3 aromatic rings. The van der Waals surface area contributed by atoms with Gasteiger partial charge in [0.15, 0.2) is 0 Å². The molecule has 1 heterocycles. The second kappa shape index (κ2) is 11.3. The van der Waals surface area contributed by atoms with Crippen LogP contribution >= 0.6 is 11.6 Å². The molecule has 7 nitrogen and oxygen atoms in total. The van der Waals surface area contributed by atoms with E-state index < -0.39 is 5.60 Å². The Labute approximate surface area is 235 Å². The molecule has 39 heavy (non-hydrogen) atoms. The Morgan fingerprint density at radius 1 is 1.03 bits per heavy atom. The number of nitrogens with zero attached hydrogens (tertiary/aromatic N) is 3. The van der Waals surface area contributed by atoms with E-state index in [-0.39, 0.29) is 30.5 Å². The minimum absolute atomic E-state index is 0.0923. The first-order chi connectivity index (χ1) is 18.4. The number of hydrogen-bond donors (Lipinski definition) is 1. The van der Waals surface area contributed by atoms with Crippen LogP contribution in [0.1, 0.15) is 56.1 Å². The van der Waals surface area contributed by atoms with Crippen molar-refractivity contribution in [3.63, 3.8) is 0 Å². The number of hydrogen-bond acceptors (Lipinski definition) is 5. The number of aliphatic hydroxyl groups is 1. The summed E-state index contributed by atoms with van der Waals surface area (Å²) in [7, 11) is 3.91. The van der Waals surface area contributed by atoms with E-state index in [2.05, 4.69) is 0 Å². The zero-order valence-electron chi connectivity index (χ0n) is 23.3. The third kappa shape index (κ3) is 6.37. The molecule has 1 N–H and O–H groups in total. The fourth-order valence-electron chi connectivity index (χ4n) is 4.93. The monoisotopic (exact) mass is 549 g/mol. The maximum Gasteiger partial charge on any atom is 0.258 e. The van der Waals surface area contributed by atoms with Gasteiger partial charge in [-0.15, -0.1) is 0 Å². The molecule has 0 saturated carbocycles. The number of carbonyl (C=O) groups excluding carboxylic acids is 2. The Bertz CT molecular complexity index is 1330. The van der Waals surface area contributed by atoms with Crippen LogP contribution in [0.25, 0.3) is 0 Å². The van der Waals surface area contributed by atoms with E-state index in [4.69, 9.17) is 16.3 Å². The highest BCUT2D eigenvalue weighted by atomic mass is 35.5. The lowest BCUT2D eigenvalue weighted by Gasteiger charge is -2.43. The number of rotatable bonds is 7. The van der Waals surface area contributed by atoms with Gasteiger partial charge < -0.3 is 24.5 Å². The number of ether oxygens (including phenoxy) is 1. The van der Waals surface area contributed by atoms with E-state index in [0.717, 1.165) is 16.9 Å². The summed E-state index contributed by atoms with van der Waals surface area (Å²) in [6, 6.07) is 19.7. The van der Waals surface area contributed by atoms with Gasteiger partial charge in [0.2, 0.25) is 5.91 Å². The number of amides is 2. The van der Waals surface area contributed by atoms with E-state index in [1.54, 1.807) is 42.7 Å². The predicted molar refractivity (Wildman–Crippen MR) is 157 cm³/mol. The Balaban J connectivity index is 1.80. The second-order valence-corrected chi connectivity index (χ2v) is 11.3. The summed E-state index contributed by atoms with van der Waals surface area (Å²) in [6.45, 7) is 6.98. The SMILES string of the molecule is CC(=O)N(c1ccc(Cl)cc1)[C@H]1C[C@@H](C)N(C(=O)c2ccc(N(C)C)cc2)c2cc(OCC(C)(C)O)ccc21. The number of fused-ring (bicyclic) bond motifs is 1. The molecule has 0 aromatic heterocycles. The fraction of sp³-hybridized carbons (Fsp3) is 0.355. The van der Waals surface area contributed by atoms with Crippen molar-refractivity contribution < 1.29 is 19.4 Å². The van der Waals surface area contributed by atoms with Crippen molar-refractivity contribution in [1.29, 1.82) is 0 Å². The van der Waals surface area contributed by atoms with Crippen LogP contribution in [0.5, 0.6) is 5.75 Å². The molecular formula is C31H36ClN3O4. The van der Waals surface area contributed by atoms with Crippen molar-refractivity contribution in [1.82, 2.24) is 0 Å². The lowest BCUT2D eigenvalue weighted by molar-refractivity contribution is -0.117. The summed E-state index contributed by atoms with van der Waals surface area (Å²) in [6.07, 6.45) is 0.542. The highest BCUT2D eigenvalue weighted by Crippen LogP contribution is 2.44. The van der Waals surface area contributed by atoms with Crippen molar-refractivity contribution in [3.8, 4) is 5.75 Å². The molecule has 1 aliphatic heterocycles. The van der Waals surface area contributed by atoms with E-state index in [1.807, 2.05) is 80.5 Å². The first kappa shape index (κ1) is 28.5. The Morgan fingerprint density at radius 2 is 1.64 bits per heavy atom. The maximum atomic E-state index is 13.9. The molecule has 3 aromatic carbocycles. The summed E-state index contributed by atoms with van der Waals surface area (Å²) in [5.41, 5.74) is 2.80. The van der Waals surface area contributed by atoms with Crippen LogP contribution in [0.4, 0.5) is 17.1 Å². The molecule has 206 valence electrons. The third-order valence-electron chi connectivity index (χ3n) is 6.82. The van der Waals surface area contributed by atoms with Crippen LogP contribution in [0.2, 0.25) is 5.02 Å². The third-order valence-corrected chi connectivity index (χ3v) is 7.07. The standard InChI is InChI=1S/C31H36ClN3O4/c1-20-17-28(35(21(2)36)25-13-9-23(32)10-14-25)27-16-15-26(39-19-31(3,4)38)18-29(27)34(20)30(37)22-7-11-24(12-8-22)33(5)6/h7-16,18,20,28,38H,17,19H2,1-6H3/t20-,28+/m1/s1. The van der Waals surface area contributed by atoms with Crippen LogP contribution in [-0.2, 0) is 4.79 Å². The Kier molecular flexibility index (Phi) is 8.23. The summed E-state index contributed by atoms with van der Waals surface area (Å²) in [5.74, 6) is 0.292. The topological polar surface area (TPSA) is 73.3 Å². The highest BCUT2D eigenvalue weighted by Gasteiger charge is 2.38. The summed E-state index contributed by atoms with van der Waals surface area (Å²) >= 11 is 6.12. The van der Waals surface area contributed by atoms with Crippen LogP contribution in [0.15, 0.2) is 66.7 Å². The van der Waals surface area contributed by atoms with Gasteiger partial charge in [-0.1, -0.05) is 17.7 Å². The maximum absolute atomic E-state index is 13.9. The van der Waals surface area contributed by atoms with Gasteiger partial charge in [-0.2, -0.15) is 0 Å². The Hall–Kier alpha value is -3.55. The van der Waals surface area contributed by atoms with Gasteiger partial charge in [0.25, 0.3) is 5.91 Å². The first-order valence-electron chi connectivity index (χ1n) is 13.0. The van der Waals surface area contributed by atoms with Gasteiger partial charge in [0, 0.05) is 55.1 Å².